The van der Waals surface area contributed by atoms with Crippen molar-refractivity contribution in [2.24, 2.45) is 0 Å². The molecule has 1 aliphatic heterocycles. The van der Waals surface area contributed by atoms with Crippen LogP contribution in [0.4, 0.5) is 0 Å². The monoisotopic (exact) mass is 712 g/mol. The summed E-state index contributed by atoms with van der Waals surface area (Å²) in [7, 11) is 0. The van der Waals surface area contributed by atoms with E-state index < -0.39 is 49.5 Å². The van der Waals surface area contributed by atoms with Crippen molar-refractivity contribution < 1.29 is 39.8 Å². The van der Waals surface area contributed by atoms with Gasteiger partial charge >= 0.3 is 0 Å². The maximum atomic E-state index is 12.5. The number of nitrogens with one attached hydrogen (secondary N) is 1. The van der Waals surface area contributed by atoms with E-state index in [1.165, 1.54) is 116 Å². The van der Waals surface area contributed by atoms with Crippen LogP contribution in [0.15, 0.2) is 24.3 Å². The first-order valence-electron chi connectivity index (χ1n) is 20.6. The van der Waals surface area contributed by atoms with E-state index in [1.54, 1.807) is 6.08 Å². The van der Waals surface area contributed by atoms with Gasteiger partial charge in [-0.1, -0.05) is 160 Å². The first kappa shape index (κ1) is 46.7. The lowest BCUT2D eigenvalue weighted by atomic mass is 9.99. The van der Waals surface area contributed by atoms with Gasteiger partial charge in [0.1, 0.15) is 24.4 Å². The third-order valence-corrected chi connectivity index (χ3v) is 9.78. The molecular formula is C41H77NO8. The molecular weight excluding hydrogens is 634 g/mol. The van der Waals surface area contributed by atoms with Crippen molar-refractivity contribution in [1.29, 1.82) is 0 Å². The predicted molar refractivity (Wildman–Crippen MR) is 203 cm³/mol. The molecule has 0 bridgehead atoms. The van der Waals surface area contributed by atoms with E-state index in [9.17, 15) is 30.3 Å². The number of unbranched alkanes of at least 4 members (excludes halogenated alkanes) is 21. The van der Waals surface area contributed by atoms with Crippen LogP contribution in [-0.2, 0) is 14.3 Å². The maximum Gasteiger partial charge on any atom is 0.220 e. The summed E-state index contributed by atoms with van der Waals surface area (Å²) in [5.74, 6) is -0.212. The van der Waals surface area contributed by atoms with Gasteiger partial charge in [0.25, 0.3) is 0 Å². The maximum absolute atomic E-state index is 12.5. The van der Waals surface area contributed by atoms with Crippen molar-refractivity contribution in [2.45, 2.75) is 217 Å². The van der Waals surface area contributed by atoms with Crippen LogP contribution in [0.2, 0.25) is 0 Å². The molecule has 1 amide bonds. The van der Waals surface area contributed by atoms with Crippen LogP contribution in [-0.4, -0.2) is 87.5 Å². The number of hydrogen-bond donors (Lipinski definition) is 6. The molecule has 50 heavy (non-hydrogen) atoms. The minimum Gasteiger partial charge on any atom is -0.394 e. The molecule has 0 aromatic carbocycles. The van der Waals surface area contributed by atoms with E-state index in [2.05, 4.69) is 31.3 Å². The highest BCUT2D eigenvalue weighted by Gasteiger charge is 2.44. The quantitative estimate of drug-likeness (QED) is 0.0302. The normalized spacial score (nSPS) is 22.4. The molecule has 0 aliphatic carbocycles. The molecule has 1 heterocycles. The Morgan fingerprint density at radius 1 is 0.660 bits per heavy atom. The third-order valence-electron chi connectivity index (χ3n) is 9.78. The Bertz CT molecular complexity index is 837. The first-order valence-corrected chi connectivity index (χ1v) is 20.6. The summed E-state index contributed by atoms with van der Waals surface area (Å²) < 4.78 is 11.0. The fourth-order valence-corrected chi connectivity index (χ4v) is 6.41. The standard InChI is InChI=1S/C41H77NO8/c1-3-5-7-8-9-10-11-12-13-14-15-16-17-18-19-20-21-22-23-24-25-26-27-29-30-35(44)34(42-37(45)31-28-6-4-2)33-49-41-40(48)39(47)38(46)36(32-43)50-41/h24-25,29-30,34-36,38-41,43-44,46-48H,3-23,26-28,31-33H2,1-2H3,(H,42,45)/b25-24+,30-29+. The van der Waals surface area contributed by atoms with Crippen LogP contribution in [0.5, 0.6) is 0 Å². The smallest absolute Gasteiger partial charge is 0.220 e. The molecule has 0 spiro atoms. The number of aliphatic hydroxyl groups excluding tert-OH is 5. The lowest BCUT2D eigenvalue weighted by molar-refractivity contribution is -0.302. The lowest BCUT2D eigenvalue weighted by Gasteiger charge is -2.40. The van der Waals surface area contributed by atoms with Crippen molar-refractivity contribution in [1.82, 2.24) is 5.32 Å². The van der Waals surface area contributed by atoms with Crippen LogP contribution in [0.3, 0.4) is 0 Å². The molecule has 1 fully saturated rings. The van der Waals surface area contributed by atoms with E-state index >= 15 is 0 Å². The molecule has 294 valence electrons. The van der Waals surface area contributed by atoms with E-state index in [-0.39, 0.29) is 12.5 Å². The second kappa shape index (κ2) is 32.3. The second-order valence-corrected chi connectivity index (χ2v) is 14.4. The average molecular weight is 712 g/mol. The van der Waals surface area contributed by atoms with E-state index in [1.807, 2.05) is 6.08 Å². The minimum atomic E-state index is -1.57. The number of aliphatic hydroxyl groups is 5. The highest BCUT2D eigenvalue weighted by Crippen LogP contribution is 2.22. The van der Waals surface area contributed by atoms with Gasteiger partial charge in [0, 0.05) is 6.42 Å². The van der Waals surface area contributed by atoms with Crippen molar-refractivity contribution in [3.8, 4) is 0 Å². The van der Waals surface area contributed by atoms with Gasteiger partial charge in [-0.25, -0.2) is 0 Å². The van der Waals surface area contributed by atoms with Gasteiger partial charge < -0.3 is 40.3 Å². The van der Waals surface area contributed by atoms with Crippen LogP contribution >= 0.6 is 0 Å². The SMILES string of the molecule is CCCCCCCCCCCCCCCCCCCC/C=C/CC/C=C/C(O)C(COC1OC(CO)C(O)C(O)C1O)NC(=O)CCCCC. The van der Waals surface area contributed by atoms with Crippen molar-refractivity contribution in [3.05, 3.63) is 24.3 Å². The van der Waals surface area contributed by atoms with Crippen LogP contribution in [0.25, 0.3) is 0 Å². The van der Waals surface area contributed by atoms with Gasteiger partial charge in [0.05, 0.1) is 25.4 Å². The van der Waals surface area contributed by atoms with E-state index in [0.717, 1.165) is 38.5 Å². The molecule has 6 N–H and O–H groups in total. The van der Waals surface area contributed by atoms with Gasteiger partial charge in [0.2, 0.25) is 5.91 Å². The Hall–Kier alpha value is -1.33. The summed E-state index contributed by atoms with van der Waals surface area (Å²) in [5, 5.41) is 53.5. The zero-order valence-electron chi connectivity index (χ0n) is 31.9. The Morgan fingerprint density at radius 2 is 1.14 bits per heavy atom. The van der Waals surface area contributed by atoms with Gasteiger partial charge in [-0.2, -0.15) is 0 Å². The Morgan fingerprint density at radius 3 is 1.68 bits per heavy atom. The number of allylic oxidation sites excluding steroid dienone is 3. The summed E-state index contributed by atoms with van der Waals surface area (Å²) in [5.41, 5.74) is 0. The first-order chi connectivity index (χ1) is 24.3. The van der Waals surface area contributed by atoms with Crippen molar-refractivity contribution in [3.63, 3.8) is 0 Å². The number of rotatable bonds is 33. The molecule has 1 rings (SSSR count). The summed E-state index contributed by atoms with van der Waals surface area (Å²) in [6, 6.07) is -0.812. The van der Waals surface area contributed by atoms with Gasteiger partial charge in [-0.05, 0) is 32.1 Å². The largest absolute Gasteiger partial charge is 0.394 e. The lowest BCUT2D eigenvalue weighted by Crippen LogP contribution is -2.60. The molecule has 1 aliphatic rings. The van der Waals surface area contributed by atoms with Gasteiger partial charge in [-0.15, -0.1) is 0 Å². The molecule has 0 saturated carbocycles. The van der Waals surface area contributed by atoms with Crippen LogP contribution in [0, 0.1) is 0 Å². The molecule has 7 atom stereocenters. The van der Waals surface area contributed by atoms with Crippen LogP contribution < -0.4 is 5.32 Å². The topological polar surface area (TPSA) is 149 Å². The fraction of sp³-hybridized carbons (Fsp3) is 0.878. The molecule has 1 saturated heterocycles. The number of amides is 1. The molecule has 9 nitrogen and oxygen atoms in total. The Balaban J connectivity index is 2.19. The van der Waals surface area contributed by atoms with Gasteiger partial charge in [0.15, 0.2) is 6.29 Å². The summed E-state index contributed by atoms with van der Waals surface area (Å²) in [6.45, 7) is 3.57. The number of ether oxygens (including phenoxy) is 2. The van der Waals surface area contributed by atoms with E-state index in [0.29, 0.717) is 6.42 Å². The Labute approximate surface area is 305 Å². The third kappa shape index (κ3) is 23.3. The Kier molecular flexibility index (Phi) is 30.2. The second-order valence-electron chi connectivity index (χ2n) is 14.4. The summed E-state index contributed by atoms with van der Waals surface area (Å²) in [6.07, 6.45) is 30.4. The molecule has 0 aromatic heterocycles. The van der Waals surface area contributed by atoms with Crippen molar-refractivity contribution in [2.75, 3.05) is 13.2 Å². The van der Waals surface area contributed by atoms with E-state index in [4.69, 9.17) is 9.47 Å². The predicted octanol–water partition coefficient (Wildman–Crippen LogP) is 7.55. The van der Waals surface area contributed by atoms with Gasteiger partial charge in [-0.3, -0.25) is 4.79 Å². The summed E-state index contributed by atoms with van der Waals surface area (Å²) in [4.78, 5) is 12.5. The highest BCUT2D eigenvalue weighted by molar-refractivity contribution is 5.76. The number of hydrogen-bond acceptors (Lipinski definition) is 8. The molecule has 0 radical (unpaired) electrons. The van der Waals surface area contributed by atoms with Crippen LogP contribution in [0.1, 0.15) is 174 Å². The highest BCUT2D eigenvalue weighted by atomic mass is 16.7. The molecule has 0 aromatic rings. The zero-order valence-corrected chi connectivity index (χ0v) is 31.9. The molecule has 9 heteroatoms. The number of carbonyl (C=O) groups excluding carboxylic acids is 1. The molecule has 7 unspecified atom stereocenters. The average Bonchev–Trinajstić information content (AvgIpc) is 3.11. The fourth-order valence-electron chi connectivity index (χ4n) is 6.41. The number of carbonyl (C=O) groups is 1. The van der Waals surface area contributed by atoms with Crippen molar-refractivity contribution >= 4 is 5.91 Å². The minimum absolute atomic E-state index is 0.201. The summed E-state index contributed by atoms with van der Waals surface area (Å²) >= 11 is 0. The zero-order chi connectivity index (χ0) is 36.7.